The highest BCUT2D eigenvalue weighted by atomic mass is 32.1. The lowest BCUT2D eigenvalue weighted by Gasteiger charge is -2.04. The lowest BCUT2D eigenvalue weighted by Crippen LogP contribution is -2.11. The summed E-state index contributed by atoms with van der Waals surface area (Å²) in [4.78, 5) is 11.8. The molecule has 0 spiro atoms. The van der Waals surface area contributed by atoms with E-state index in [0.717, 1.165) is 0 Å². The third-order valence-electron chi connectivity index (χ3n) is 2.30. The standard InChI is InChI=1S/C10H14O2S/c1-6(10(11)12)4-9-8(3)7(2)5-13-9/h5-6H,4H2,1-3H3,(H,11,12). The fraction of sp³-hybridized carbons (Fsp3) is 0.500. The van der Waals surface area contributed by atoms with Crippen molar-refractivity contribution in [2.24, 2.45) is 5.92 Å². The maximum absolute atomic E-state index is 10.6. The molecule has 0 fully saturated rings. The molecule has 1 N–H and O–H groups in total. The molecule has 1 rings (SSSR count). The van der Waals surface area contributed by atoms with Crippen LogP contribution in [0.4, 0.5) is 0 Å². The Morgan fingerprint density at radius 3 is 2.62 bits per heavy atom. The van der Waals surface area contributed by atoms with Crippen LogP contribution in [0.5, 0.6) is 0 Å². The van der Waals surface area contributed by atoms with Crippen molar-refractivity contribution in [2.45, 2.75) is 27.2 Å². The summed E-state index contributed by atoms with van der Waals surface area (Å²) in [7, 11) is 0. The highest BCUT2D eigenvalue weighted by Gasteiger charge is 2.14. The second kappa shape index (κ2) is 3.92. The molecule has 2 nitrogen and oxygen atoms in total. The number of carboxylic acid groups (broad SMARTS) is 1. The molecule has 0 saturated heterocycles. The van der Waals surface area contributed by atoms with Gasteiger partial charge in [-0.05, 0) is 36.8 Å². The predicted molar refractivity (Wildman–Crippen MR) is 54.3 cm³/mol. The molecule has 72 valence electrons. The van der Waals surface area contributed by atoms with Crippen molar-refractivity contribution in [2.75, 3.05) is 0 Å². The minimum absolute atomic E-state index is 0.281. The minimum Gasteiger partial charge on any atom is -0.481 e. The Hall–Kier alpha value is -0.830. The summed E-state index contributed by atoms with van der Waals surface area (Å²) < 4.78 is 0. The normalized spacial score (nSPS) is 12.8. The van der Waals surface area contributed by atoms with Gasteiger partial charge in [-0.3, -0.25) is 4.79 Å². The third kappa shape index (κ3) is 2.31. The Morgan fingerprint density at radius 2 is 2.23 bits per heavy atom. The van der Waals surface area contributed by atoms with Gasteiger partial charge in [-0.2, -0.15) is 0 Å². The first-order chi connectivity index (χ1) is 6.02. The van der Waals surface area contributed by atoms with E-state index in [0.29, 0.717) is 6.42 Å². The molecule has 1 aromatic rings. The smallest absolute Gasteiger partial charge is 0.306 e. The quantitative estimate of drug-likeness (QED) is 0.810. The van der Waals surface area contributed by atoms with Crippen LogP contribution in [0, 0.1) is 19.8 Å². The molecule has 1 heterocycles. The molecule has 0 aliphatic carbocycles. The van der Waals surface area contributed by atoms with E-state index in [2.05, 4.69) is 19.2 Å². The summed E-state index contributed by atoms with van der Waals surface area (Å²) in [5.74, 6) is -0.998. The number of carbonyl (C=O) groups is 1. The number of aliphatic carboxylic acids is 1. The highest BCUT2D eigenvalue weighted by Crippen LogP contribution is 2.23. The topological polar surface area (TPSA) is 37.3 Å². The van der Waals surface area contributed by atoms with Gasteiger partial charge in [-0.25, -0.2) is 0 Å². The van der Waals surface area contributed by atoms with Gasteiger partial charge in [0, 0.05) is 4.88 Å². The van der Waals surface area contributed by atoms with Crippen molar-refractivity contribution in [3.63, 3.8) is 0 Å². The summed E-state index contributed by atoms with van der Waals surface area (Å²) in [6.07, 6.45) is 0.652. The molecular formula is C10H14O2S. The van der Waals surface area contributed by atoms with Gasteiger partial charge in [0.2, 0.25) is 0 Å². The van der Waals surface area contributed by atoms with E-state index < -0.39 is 5.97 Å². The highest BCUT2D eigenvalue weighted by molar-refractivity contribution is 7.10. The molecule has 1 unspecified atom stereocenters. The first kappa shape index (κ1) is 10.3. The fourth-order valence-electron chi connectivity index (χ4n) is 1.12. The minimum atomic E-state index is -0.717. The van der Waals surface area contributed by atoms with Crippen molar-refractivity contribution < 1.29 is 9.90 Å². The van der Waals surface area contributed by atoms with E-state index in [-0.39, 0.29) is 5.92 Å². The molecule has 0 aromatic carbocycles. The molecule has 13 heavy (non-hydrogen) atoms. The Labute approximate surface area is 82.2 Å². The van der Waals surface area contributed by atoms with Crippen molar-refractivity contribution >= 4 is 17.3 Å². The number of hydrogen-bond acceptors (Lipinski definition) is 2. The monoisotopic (exact) mass is 198 g/mol. The van der Waals surface area contributed by atoms with Crippen LogP contribution in [0.3, 0.4) is 0 Å². The Balaban J connectivity index is 2.74. The van der Waals surface area contributed by atoms with Crippen molar-refractivity contribution in [1.82, 2.24) is 0 Å². The van der Waals surface area contributed by atoms with Gasteiger partial charge in [0.1, 0.15) is 0 Å². The maximum atomic E-state index is 10.6. The molecule has 0 amide bonds. The molecular weight excluding hydrogens is 184 g/mol. The van der Waals surface area contributed by atoms with E-state index >= 15 is 0 Å². The third-order valence-corrected chi connectivity index (χ3v) is 3.53. The molecule has 1 atom stereocenters. The average Bonchev–Trinajstić information content (AvgIpc) is 2.36. The van der Waals surface area contributed by atoms with E-state index in [1.54, 1.807) is 18.3 Å². The first-order valence-corrected chi connectivity index (χ1v) is 5.16. The van der Waals surface area contributed by atoms with Crippen molar-refractivity contribution in [3.8, 4) is 0 Å². The maximum Gasteiger partial charge on any atom is 0.306 e. The lowest BCUT2D eigenvalue weighted by molar-refractivity contribution is -0.141. The second-order valence-electron chi connectivity index (χ2n) is 3.41. The lowest BCUT2D eigenvalue weighted by atomic mass is 10.0. The van der Waals surface area contributed by atoms with Crippen molar-refractivity contribution in [3.05, 3.63) is 21.4 Å². The SMILES string of the molecule is Cc1csc(CC(C)C(=O)O)c1C. The van der Waals surface area contributed by atoms with Crippen LogP contribution in [0.15, 0.2) is 5.38 Å². The van der Waals surface area contributed by atoms with Crippen LogP contribution in [-0.4, -0.2) is 11.1 Å². The zero-order valence-electron chi connectivity index (χ0n) is 8.13. The van der Waals surface area contributed by atoms with Crippen LogP contribution in [0.25, 0.3) is 0 Å². The molecule has 0 aliphatic rings. The number of rotatable bonds is 3. The Morgan fingerprint density at radius 1 is 1.62 bits per heavy atom. The number of aryl methyl sites for hydroxylation is 1. The predicted octanol–water partition coefficient (Wildman–Crippen LogP) is 2.63. The molecule has 0 saturated carbocycles. The average molecular weight is 198 g/mol. The summed E-state index contributed by atoms with van der Waals surface area (Å²) in [5.41, 5.74) is 2.51. The van der Waals surface area contributed by atoms with E-state index in [4.69, 9.17) is 5.11 Å². The molecule has 0 radical (unpaired) electrons. The van der Waals surface area contributed by atoms with Gasteiger partial charge >= 0.3 is 5.97 Å². The summed E-state index contributed by atoms with van der Waals surface area (Å²) in [6, 6.07) is 0. The summed E-state index contributed by atoms with van der Waals surface area (Å²) >= 11 is 1.66. The van der Waals surface area contributed by atoms with Gasteiger partial charge in [-0.15, -0.1) is 11.3 Å². The summed E-state index contributed by atoms with van der Waals surface area (Å²) in [6.45, 7) is 5.85. The van der Waals surface area contributed by atoms with Gasteiger partial charge in [-0.1, -0.05) is 6.92 Å². The number of carboxylic acids is 1. The van der Waals surface area contributed by atoms with E-state index in [9.17, 15) is 4.79 Å². The van der Waals surface area contributed by atoms with E-state index in [1.165, 1.54) is 16.0 Å². The van der Waals surface area contributed by atoms with E-state index in [1.807, 2.05) is 0 Å². The summed E-state index contributed by atoms with van der Waals surface area (Å²) in [5, 5.41) is 10.8. The largest absolute Gasteiger partial charge is 0.481 e. The van der Waals surface area contributed by atoms with Crippen LogP contribution in [0.1, 0.15) is 22.9 Å². The zero-order valence-corrected chi connectivity index (χ0v) is 8.94. The fourth-order valence-corrected chi connectivity index (χ4v) is 2.30. The van der Waals surface area contributed by atoms with Gasteiger partial charge in [0.15, 0.2) is 0 Å². The molecule has 0 aliphatic heterocycles. The Bertz CT molecular complexity index is 315. The van der Waals surface area contributed by atoms with Crippen LogP contribution >= 0.6 is 11.3 Å². The van der Waals surface area contributed by atoms with Crippen LogP contribution < -0.4 is 0 Å². The van der Waals surface area contributed by atoms with Gasteiger partial charge < -0.3 is 5.11 Å². The molecule has 3 heteroatoms. The van der Waals surface area contributed by atoms with Crippen LogP contribution in [0.2, 0.25) is 0 Å². The number of thiophene rings is 1. The Kier molecular flexibility index (Phi) is 3.09. The first-order valence-electron chi connectivity index (χ1n) is 4.28. The second-order valence-corrected chi connectivity index (χ2v) is 4.37. The molecule has 0 bridgehead atoms. The van der Waals surface area contributed by atoms with Gasteiger partial charge in [0.25, 0.3) is 0 Å². The van der Waals surface area contributed by atoms with Crippen LogP contribution in [-0.2, 0) is 11.2 Å². The van der Waals surface area contributed by atoms with Gasteiger partial charge in [0.05, 0.1) is 5.92 Å². The zero-order chi connectivity index (χ0) is 10.0. The van der Waals surface area contributed by atoms with Crippen molar-refractivity contribution in [1.29, 1.82) is 0 Å². The number of hydrogen-bond donors (Lipinski definition) is 1. The molecule has 1 aromatic heterocycles.